The Kier molecular flexibility index (Phi) is 7.39. The smallest absolute Gasteiger partial charge is 0.227 e. The van der Waals surface area contributed by atoms with E-state index >= 15 is 0 Å². The fourth-order valence-electron chi connectivity index (χ4n) is 3.27. The summed E-state index contributed by atoms with van der Waals surface area (Å²) in [6, 6.07) is 22.6. The molecule has 4 rings (SSSR count). The minimum atomic E-state index is -0.149. The first-order valence-electron chi connectivity index (χ1n) is 10.8. The Morgan fingerprint density at radius 2 is 1.71 bits per heavy atom. The van der Waals surface area contributed by atoms with E-state index in [0.29, 0.717) is 41.9 Å². The molecule has 0 aliphatic carbocycles. The summed E-state index contributed by atoms with van der Waals surface area (Å²) in [6.07, 6.45) is 0.532. The van der Waals surface area contributed by atoms with Crippen molar-refractivity contribution in [1.29, 1.82) is 0 Å². The summed E-state index contributed by atoms with van der Waals surface area (Å²) in [6.45, 7) is 0.488. The molecular weight excluding hydrogens is 434 g/mol. The molecule has 0 bridgehead atoms. The zero-order valence-electron chi connectivity index (χ0n) is 19.0. The minimum absolute atomic E-state index is 0.149. The number of carbonyl (C=O) groups excluding carboxylic acids is 1. The Labute approximate surface area is 197 Å². The summed E-state index contributed by atoms with van der Waals surface area (Å²) in [7, 11) is 3.14. The molecule has 8 heteroatoms. The zero-order chi connectivity index (χ0) is 23.8. The van der Waals surface area contributed by atoms with Gasteiger partial charge in [-0.3, -0.25) is 4.79 Å². The lowest BCUT2D eigenvalue weighted by atomic mass is 10.2. The molecule has 174 valence electrons. The first-order chi connectivity index (χ1) is 16.6. The highest BCUT2D eigenvalue weighted by atomic mass is 16.5. The van der Waals surface area contributed by atoms with Crippen molar-refractivity contribution < 1.29 is 23.5 Å². The average molecular weight is 460 g/mol. The van der Waals surface area contributed by atoms with E-state index in [2.05, 4.69) is 15.5 Å². The van der Waals surface area contributed by atoms with Gasteiger partial charge in [-0.05, 0) is 48.0 Å². The number of hydrogen-bond donors (Lipinski definition) is 1. The van der Waals surface area contributed by atoms with Crippen molar-refractivity contribution in [3.05, 3.63) is 84.3 Å². The molecule has 0 saturated heterocycles. The number of carbonyl (C=O) groups is 1. The molecule has 1 heterocycles. The molecule has 8 nitrogen and oxygen atoms in total. The van der Waals surface area contributed by atoms with Crippen molar-refractivity contribution >= 4 is 11.6 Å². The van der Waals surface area contributed by atoms with Gasteiger partial charge in [0.1, 0.15) is 12.4 Å². The van der Waals surface area contributed by atoms with Crippen molar-refractivity contribution in [3.63, 3.8) is 0 Å². The van der Waals surface area contributed by atoms with Crippen LogP contribution in [0.2, 0.25) is 0 Å². The van der Waals surface area contributed by atoms with Crippen molar-refractivity contribution in [2.75, 3.05) is 19.5 Å². The molecule has 0 radical (unpaired) electrons. The van der Waals surface area contributed by atoms with E-state index in [1.807, 2.05) is 48.5 Å². The van der Waals surface area contributed by atoms with Crippen LogP contribution >= 0.6 is 0 Å². The van der Waals surface area contributed by atoms with Gasteiger partial charge in [-0.15, -0.1) is 0 Å². The van der Waals surface area contributed by atoms with Crippen LogP contribution in [0.4, 0.5) is 5.69 Å². The molecule has 1 N–H and O–H groups in total. The molecule has 0 aliphatic heterocycles. The summed E-state index contributed by atoms with van der Waals surface area (Å²) in [4.78, 5) is 16.7. The number of aromatic nitrogens is 2. The number of amides is 1. The second kappa shape index (κ2) is 11.0. The van der Waals surface area contributed by atoms with Gasteiger partial charge in [0.05, 0.1) is 14.2 Å². The Morgan fingerprint density at radius 3 is 2.44 bits per heavy atom. The highest BCUT2D eigenvalue weighted by molar-refractivity contribution is 5.90. The standard InChI is InChI=1S/C26H25N3O5/c1-31-22-13-8-19(16-23(22)32-2)26-28-25(34-29-26)15-14-24(30)27-20-9-11-21(12-10-20)33-17-18-6-4-3-5-7-18/h3-13,16H,14-15,17H2,1-2H3,(H,27,30). The topological polar surface area (TPSA) is 95.7 Å². The monoisotopic (exact) mass is 459 g/mol. The van der Waals surface area contributed by atoms with Crippen molar-refractivity contribution in [1.82, 2.24) is 10.1 Å². The molecule has 1 aromatic heterocycles. The number of ether oxygens (including phenoxy) is 3. The van der Waals surface area contributed by atoms with Gasteiger partial charge in [-0.2, -0.15) is 4.98 Å². The van der Waals surface area contributed by atoms with E-state index in [-0.39, 0.29) is 12.3 Å². The number of benzene rings is 3. The average Bonchev–Trinajstić information content (AvgIpc) is 3.36. The molecule has 1 amide bonds. The lowest BCUT2D eigenvalue weighted by molar-refractivity contribution is -0.116. The van der Waals surface area contributed by atoms with Crippen LogP contribution in [-0.2, 0) is 17.8 Å². The summed E-state index contributed by atoms with van der Waals surface area (Å²) in [5, 5.41) is 6.86. The highest BCUT2D eigenvalue weighted by Gasteiger charge is 2.13. The highest BCUT2D eigenvalue weighted by Crippen LogP contribution is 2.31. The third kappa shape index (κ3) is 5.92. The maximum absolute atomic E-state index is 12.3. The van der Waals surface area contributed by atoms with Crippen LogP contribution in [0.5, 0.6) is 17.2 Å². The van der Waals surface area contributed by atoms with Gasteiger partial charge in [0.2, 0.25) is 17.6 Å². The van der Waals surface area contributed by atoms with E-state index in [1.54, 1.807) is 38.5 Å². The number of methoxy groups -OCH3 is 2. The summed E-state index contributed by atoms with van der Waals surface area (Å²) < 4.78 is 21.6. The Balaban J connectivity index is 1.27. The summed E-state index contributed by atoms with van der Waals surface area (Å²) in [5.41, 5.74) is 2.51. The van der Waals surface area contributed by atoms with Crippen LogP contribution in [-0.4, -0.2) is 30.3 Å². The van der Waals surface area contributed by atoms with Gasteiger partial charge in [0.25, 0.3) is 0 Å². The van der Waals surface area contributed by atoms with Crippen molar-refractivity contribution in [2.45, 2.75) is 19.4 Å². The SMILES string of the molecule is COc1ccc(-c2noc(CCC(=O)Nc3ccc(OCc4ccccc4)cc3)n2)cc1OC. The van der Waals surface area contributed by atoms with Crippen LogP contribution < -0.4 is 19.5 Å². The lowest BCUT2D eigenvalue weighted by Crippen LogP contribution is -2.12. The largest absolute Gasteiger partial charge is 0.493 e. The van der Waals surface area contributed by atoms with Gasteiger partial charge >= 0.3 is 0 Å². The van der Waals surface area contributed by atoms with Crippen molar-refractivity contribution in [3.8, 4) is 28.6 Å². The number of nitrogens with one attached hydrogen (secondary N) is 1. The van der Waals surface area contributed by atoms with E-state index in [0.717, 1.165) is 16.9 Å². The molecule has 0 unspecified atom stereocenters. The molecule has 0 spiro atoms. The third-order valence-corrected chi connectivity index (χ3v) is 5.06. The fraction of sp³-hybridized carbons (Fsp3) is 0.192. The molecule has 3 aromatic carbocycles. The second-order valence-electron chi connectivity index (χ2n) is 7.43. The van der Waals surface area contributed by atoms with Gasteiger partial charge in [-0.25, -0.2) is 0 Å². The Bertz CT molecular complexity index is 1220. The quantitative estimate of drug-likeness (QED) is 0.360. The lowest BCUT2D eigenvalue weighted by Gasteiger charge is -2.08. The van der Waals surface area contributed by atoms with Gasteiger partial charge in [0, 0.05) is 24.1 Å². The van der Waals surface area contributed by atoms with Gasteiger partial charge in [0.15, 0.2) is 11.5 Å². The van der Waals surface area contributed by atoms with Crippen LogP contribution in [0.1, 0.15) is 17.9 Å². The predicted octanol–water partition coefficient (Wildman–Crippen LogP) is 4.90. The maximum atomic E-state index is 12.3. The first kappa shape index (κ1) is 22.8. The predicted molar refractivity (Wildman–Crippen MR) is 127 cm³/mol. The number of rotatable bonds is 10. The summed E-state index contributed by atoms with van der Waals surface area (Å²) in [5.74, 6) is 2.57. The number of aryl methyl sites for hydroxylation is 1. The minimum Gasteiger partial charge on any atom is -0.493 e. The number of nitrogens with zero attached hydrogens (tertiary/aromatic N) is 2. The van der Waals surface area contributed by atoms with Crippen LogP contribution in [0.15, 0.2) is 77.3 Å². The normalized spacial score (nSPS) is 10.5. The fourth-order valence-corrected chi connectivity index (χ4v) is 3.27. The van der Waals surface area contributed by atoms with E-state index in [1.165, 1.54) is 0 Å². The summed E-state index contributed by atoms with van der Waals surface area (Å²) >= 11 is 0. The molecule has 34 heavy (non-hydrogen) atoms. The molecule has 0 aliphatic rings. The van der Waals surface area contributed by atoms with E-state index < -0.39 is 0 Å². The molecule has 0 atom stereocenters. The molecular formula is C26H25N3O5. The van der Waals surface area contributed by atoms with Crippen LogP contribution in [0.3, 0.4) is 0 Å². The Hall–Kier alpha value is -4.33. The maximum Gasteiger partial charge on any atom is 0.227 e. The van der Waals surface area contributed by atoms with Gasteiger partial charge < -0.3 is 24.1 Å². The third-order valence-electron chi connectivity index (χ3n) is 5.06. The first-order valence-corrected chi connectivity index (χ1v) is 10.8. The van der Waals surface area contributed by atoms with E-state index in [9.17, 15) is 4.79 Å². The second-order valence-corrected chi connectivity index (χ2v) is 7.43. The Morgan fingerprint density at radius 1 is 0.941 bits per heavy atom. The van der Waals surface area contributed by atoms with Crippen LogP contribution in [0, 0.1) is 0 Å². The van der Waals surface area contributed by atoms with E-state index in [4.69, 9.17) is 18.7 Å². The number of anilines is 1. The number of hydrogen-bond acceptors (Lipinski definition) is 7. The van der Waals surface area contributed by atoms with Crippen LogP contribution in [0.25, 0.3) is 11.4 Å². The van der Waals surface area contributed by atoms with Gasteiger partial charge in [-0.1, -0.05) is 35.5 Å². The molecule has 0 fully saturated rings. The molecule has 0 saturated carbocycles. The molecule has 4 aromatic rings. The zero-order valence-corrected chi connectivity index (χ0v) is 19.0. The van der Waals surface area contributed by atoms with Crippen molar-refractivity contribution in [2.24, 2.45) is 0 Å².